The normalized spacial score (nSPS) is 20.3. The number of aromatic nitrogens is 1. The van der Waals surface area contributed by atoms with Gasteiger partial charge in [-0.2, -0.15) is 0 Å². The first-order chi connectivity index (χ1) is 7.60. The van der Waals surface area contributed by atoms with Crippen LogP contribution in [0.25, 0.3) is 0 Å². The molecule has 9 heteroatoms. The van der Waals surface area contributed by atoms with Gasteiger partial charge >= 0.3 is 0 Å². The maximum absolute atomic E-state index is 12.8. The van der Waals surface area contributed by atoms with Crippen molar-refractivity contribution in [2.45, 2.75) is 11.9 Å². The van der Waals surface area contributed by atoms with Gasteiger partial charge in [-0.15, -0.1) is 0 Å². The Morgan fingerprint density at radius 2 is 2.12 bits per heavy atom. The second kappa shape index (κ2) is 4.96. The van der Waals surface area contributed by atoms with Gasteiger partial charge in [0.25, 0.3) is 0 Å². The fraction of sp³-hybridized carbons (Fsp3) is 0.375. The van der Waals surface area contributed by atoms with Gasteiger partial charge in [0.15, 0.2) is 31.6 Å². The Balaban J connectivity index is 3.04. The van der Waals surface area contributed by atoms with Gasteiger partial charge in [-0.1, -0.05) is 0 Å². The molecule has 0 amide bonds. The first-order valence-corrected chi connectivity index (χ1v) is 8.41. The lowest BCUT2D eigenvalue weighted by Crippen LogP contribution is -2.40. The van der Waals surface area contributed by atoms with E-state index in [1.165, 1.54) is 12.3 Å². The zero-order valence-electron chi connectivity index (χ0n) is 8.93. The number of nitrogens with zero attached hydrogens (tertiary/aromatic N) is 1. The monoisotopic (exact) mass is 283 g/mol. The highest BCUT2D eigenvalue weighted by atomic mass is 31.2. The molecular weight excluding hydrogens is 271 g/mol. The predicted octanol–water partition coefficient (Wildman–Crippen LogP) is -0.115. The van der Waals surface area contributed by atoms with Crippen LogP contribution in [0.3, 0.4) is 0 Å². The Bertz CT molecular complexity index is 474. The highest BCUT2D eigenvalue weighted by Gasteiger charge is 2.37. The maximum atomic E-state index is 12.8. The molecule has 1 aromatic heterocycles. The van der Waals surface area contributed by atoms with Crippen molar-refractivity contribution in [3.05, 3.63) is 30.3 Å². The van der Waals surface area contributed by atoms with Crippen LogP contribution >= 0.6 is 15.0 Å². The average molecular weight is 283 g/mol. The fourth-order valence-electron chi connectivity index (χ4n) is 1.32. The molecule has 1 aromatic rings. The van der Waals surface area contributed by atoms with Crippen LogP contribution in [0.2, 0.25) is 0 Å². The quantitative estimate of drug-likeness (QED) is 0.592. The van der Waals surface area contributed by atoms with Crippen LogP contribution in [0.1, 0.15) is 0 Å². The van der Waals surface area contributed by atoms with Crippen molar-refractivity contribution in [2.75, 3.05) is 6.66 Å². The van der Waals surface area contributed by atoms with Gasteiger partial charge < -0.3 is 19.2 Å². The summed E-state index contributed by atoms with van der Waals surface area (Å²) in [7, 11) is -9.03. The van der Waals surface area contributed by atoms with Crippen molar-refractivity contribution in [3.8, 4) is 0 Å². The lowest BCUT2D eigenvalue weighted by molar-refractivity contribution is -0.696. The Morgan fingerprint density at radius 3 is 2.53 bits per heavy atom. The van der Waals surface area contributed by atoms with E-state index in [9.17, 15) is 23.3 Å². The number of rotatable bonds is 4. The van der Waals surface area contributed by atoms with Crippen LogP contribution in [0.5, 0.6) is 0 Å². The van der Waals surface area contributed by atoms with E-state index in [-0.39, 0.29) is 0 Å². The minimum absolute atomic E-state index is 0.487. The Labute approximate surface area is 97.3 Å². The summed E-state index contributed by atoms with van der Waals surface area (Å²) in [4.78, 5) is 29.2. The summed E-state index contributed by atoms with van der Waals surface area (Å²) < 4.78 is 36.3. The molecule has 2 N–H and O–H groups in total. The van der Waals surface area contributed by atoms with Gasteiger partial charge in [0.1, 0.15) is 0 Å². The summed E-state index contributed by atoms with van der Waals surface area (Å²) in [5, 5.41) is -1.85. The molecular formula is C8H12FNO5P2. The number of halogens is 1. The molecule has 3 unspecified atom stereocenters. The third-order valence-corrected chi connectivity index (χ3v) is 6.47. The van der Waals surface area contributed by atoms with Crippen molar-refractivity contribution in [3.63, 3.8) is 0 Å². The van der Waals surface area contributed by atoms with E-state index < -0.39 is 32.7 Å². The summed E-state index contributed by atoms with van der Waals surface area (Å²) in [5.74, 6) is -0.617. The molecule has 0 fully saturated rings. The van der Waals surface area contributed by atoms with Gasteiger partial charge in [0.2, 0.25) is 13.6 Å². The molecule has 0 aliphatic heterocycles. The number of hydrogen-bond acceptors (Lipinski definition) is 3. The maximum Gasteiger partial charge on any atom is 0.215 e. The Kier molecular flexibility index (Phi) is 4.23. The van der Waals surface area contributed by atoms with Crippen LogP contribution in [-0.2, 0) is 15.7 Å². The third-order valence-electron chi connectivity index (χ3n) is 2.13. The van der Waals surface area contributed by atoms with E-state index in [1.54, 1.807) is 0 Å². The highest BCUT2D eigenvalue weighted by Crippen LogP contribution is 2.57. The first-order valence-electron chi connectivity index (χ1n) is 4.59. The molecule has 3 atom stereocenters. The smallest absolute Gasteiger partial charge is 0.215 e. The van der Waals surface area contributed by atoms with Crippen molar-refractivity contribution >= 4 is 15.0 Å². The third kappa shape index (κ3) is 4.30. The van der Waals surface area contributed by atoms with Gasteiger partial charge in [0, 0.05) is 12.7 Å². The second-order valence-electron chi connectivity index (χ2n) is 3.71. The molecule has 0 bridgehead atoms. The highest BCUT2D eigenvalue weighted by molar-refractivity contribution is 7.72. The van der Waals surface area contributed by atoms with Gasteiger partial charge in [-0.3, -0.25) is 4.57 Å². The van der Waals surface area contributed by atoms with Crippen LogP contribution in [0.15, 0.2) is 24.5 Å². The molecule has 1 heterocycles. The molecule has 0 aliphatic rings. The molecule has 0 saturated heterocycles. The largest absolute Gasteiger partial charge is 0.778 e. The van der Waals surface area contributed by atoms with Crippen LogP contribution in [0, 0.1) is 5.82 Å². The minimum Gasteiger partial charge on any atom is -0.778 e. The van der Waals surface area contributed by atoms with Crippen LogP contribution in [-0.4, -0.2) is 21.9 Å². The fourth-order valence-corrected chi connectivity index (χ4v) is 4.37. The summed E-state index contributed by atoms with van der Waals surface area (Å²) in [6.45, 7) is 0.345. The van der Waals surface area contributed by atoms with E-state index in [0.29, 0.717) is 0 Å². The SMILES string of the molecule is CP(=O)(O)C(C[n+]1cccc(F)c1)P(=O)([O-])O. The van der Waals surface area contributed by atoms with E-state index in [0.717, 1.165) is 23.5 Å². The molecule has 96 valence electrons. The minimum atomic E-state index is -4.98. The molecule has 0 aromatic carbocycles. The number of hydrogen-bond donors (Lipinski definition) is 2. The lowest BCUT2D eigenvalue weighted by Gasteiger charge is -2.26. The van der Waals surface area contributed by atoms with Gasteiger partial charge in [-0.05, 0) is 6.07 Å². The van der Waals surface area contributed by atoms with E-state index in [1.807, 2.05) is 0 Å². The second-order valence-corrected chi connectivity index (χ2v) is 8.38. The lowest BCUT2D eigenvalue weighted by atomic mass is 10.4. The summed E-state index contributed by atoms with van der Waals surface area (Å²) >= 11 is 0. The first kappa shape index (κ1) is 14.5. The number of pyridine rings is 1. The van der Waals surface area contributed by atoms with Gasteiger partial charge in [0.05, 0.1) is 0 Å². The zero-order valence-corrected chi connectivity index (χ0v) is 10.7. The Hall–Kier alpha value is -0.580. The molecule has 0 spiro atoms. The van der Waals surface area contributed by atoms with Crippen molar-refractivity contribution in [1.82, 2.24) is 0 Å². The van der Waals surface area contributed by atoms with E-state index in [4.69, 9.17) is 4.89 Å². The Morgan fingerprint density at radius 1 is 1.53 bits per heavy atom. The molecule has 6 nitrogen and oxygen atoms in total. The summed E-state index contributed by atoms with van der Waals surface area (Å²) in [5.41, 5.74) is 0. The molecule has 0 radical (unpaired) electrons. The predicted molar refractivity (Wildman–Crippen MR) is 56.0 cm³/mol. The van der Waals surface area contributed by atoms with E-state index >= 15 is 0 Å². The molecule has 0 saturated carbocycles. The van der Waals surface area contributed by atoms with Crippen molar-refractivity contribution in [2.24, 2.45) is 0 Å². The molecule has 17 heavy (non-hydrogen) atoms. The van der Waals surface area contributed by atoms with Crippen molar-refractivity contribution < 1.29 is 32.8 Å². The molecule has 1 rings (SSSR count). The average Bonchev–Trinajstić information content (AvgIpc) is 2.10. The standard InChI is InChI=1S/C8H12FNO5P2/c1-16(11,12)8(17(13,14)15)6-10-4-2-3-7(9)5-10/h2-5,8H,6H2,1H3,(H2-,11,12,13,14,15). The summed E-state index contributed by atoms with van der Waals surface area (Å²) in [6.07, 6.45) is 2.31. The van der Waals surface area contributed by atoms with Crippen LogP contribution < -0.4 is 9.46 Å². The molecule has 0 aliphatic carbocycles. The van der Waals surface area contributed by atoms with Crippen LogP contribution in [0.4, 0.5) is 4.39 Å². The van der Waals surface area contributed by atoms with Crippen molar-refractivity contribution in [1.29, 1.82) is 0 Å². The van der Waals surface area contributed by atoms with Gasteiger partial charge in [-0.25, -0.2) is 8.96 Å². The zero-order chi connectivity index (χ0) is 13.3. The summed E-state index contributed by atoms with van der Waals surface area (Å²) in [6, 6.07) is 2.46. The topological polar surface area (TPSA) is 102 Å². The van der Waals surface area contributed by atoms with E-state index in [2.05, 4.69) is 0 Å².